The number of nitrogens with one attached hydrogen (secondary N) is 2. The monoisotopic (exact) mass is 563 g/mol. The van der Waals surface area contributed by atoms with Crippen LogP contribution in [0.2, 0.25) is 0 Å². The summed E-state index contributed by atoms with van der Waals surface area (Å²) >= 11 is 1.09. The topological polar surface area (TPSA) is 194 Å². The highest BCUT2D eigenvalue weighted by Crippen LogP contribution is 2.40. The van der Waals surface area contributed by atoms with Crippen molar-refractivity contribution in [3.05, 3.63) is 52.6 Å². The van der Waals surface area contributed by atoms with E-state index in [9.17, 15) is 24.9 Å². The van der Waals surface area contributed by atoms with Crippen LogP contribution in [0.15, 0.2) is 35.4 Å². The molecule has 2 saturated heterocycles. The van der Waals surface area contributed by atoms with Gasteiger partial charge < -0.3 is 31.1 Å². The van der Waals surface area contributed by atoms with Gasteiger partial charge in [-0.25, -0.2) is 9.78 Å². The van der Waals surface area contributed by atoms with E-state index in [1.165, 1.54) is 0 Å². The number of carboxylic acid groups (broad SMARTS) is 1. The number of nitrogens with two attached hydrogens (primary N) is 1. The highest BCUT2D eigenvalue weighted by molar-refractivity contribution is 8.00. The third-order valence-corrected chi connectivity index (χ3v) is 8.28. The average molecular weight is 564 g/mol. The van der Waals surface area contributed by atoms with E-state index in [2.05, 4.69) is 22.8 Å². The number of nitriles is 2. The van der Waals surface area contributed by atoms with E-state index >= 15 is 0 Å². The largest absolute Gasteiger partial charge is 0.465 e. The molecule has 208 valence electrons. The van der Waals surface area contributed by atoms with Gasteiger partial charge >= 0.3 is 6.09 Å². The number of benzene rings is 1. The van der Waals surface area contributed by atoms with E-state index < -0.39 is 28.7 Å². The number of hydrogen-bond acceptors (Lipinski definition) is 9. The van der Waals surface area contributed by atoms with Crippen molar-refractivity contribution in [2.75, 3.05) is 31.2 Å². The SMILES string of the molecule is CCc1c(C#N)c(SC(C(N)=O)c2ccccc2)nc(N2CCC(NC(=O)C3(NC(=O)O)COC3)CC2)c1C#N. The molecule has 3 heterocycles. The van der Waals surface area contributed by atoms with Gasteiger partial charge in [0.1, 0.15) is 28.2 Å². The number of hydrogen-bond donors (Lipinski definition) is 4. The summed E-state index contributed by atoms with van der Waals surface area (Å²) in [6.45, 7) is 2.71. The Bertz CT molecular complexity index is 1380. The summed E-state index contributed by atoms with van der Waals surface area (Å²) in [5.41, 5.74) is 6.22. The molecule has 4 rings (SSSR count). The van der Waals surface area contributed by atoms with Crippen molar-refractivity contribution < 1.29 is 24.2 Å². The number of ether oxygens (including phenoxy) is 1. The van der Waals surface area contributed by atoms with Gasteiger partial charge in [-0.15, -0.1) is 0 Å². The highest BCUT2D eigenvalue weighted by Gasteiger charge is 2.48. The molecular weight excluding hydrogens is 534 g/mol. The predicted molar refractivity (Wildman–Crippen MR) is 145 cm³/mol. The molecular formula is C27H29N7O5S. The molecule has 2 aliphatic heterocycles. The molecule has 0 aliphatic carbocycles. The van der Waals surface area contributed by atoms with Crippen molar-refractivity contribution in [2.45, 2.75) is 48.0 Å². The van der Waals surface area contributed by atoms with Gasteiger partial charge in [0.2, 0.25) is 5.91 Å². The summed E-state index contributed by atoms with van der Waals surface area (Å²) < 4.78 is 5.08. The van der Waals surface area contributed by atoms with Crippen molar-refractivity contribution in [1.29, 1.82) is 10.5 Å². The van der Waals surface area contributed by atoms with Gasteiger partial charge in [0.25, 0.3) is 5.91 Å². The minimum atomic E-state index is -1.30. The maximum absolute atomic E-state index is 12.8. The number of anilines is 1. The second-order valence-corrected chi connectivity index (χ2v) is 10.7. The van der Waals surface area contributed by atoms with Gasteiger partial charge in [0.15, 0.2) is 5.54 Å². The van der Waals surface area contributed by atoms with E-state index in [0.717, 1.165) is 11.8 Å². The molecule has 1 atom stereocenters. The number of pyridine rings is 1. The van der Waals surface area contributed by atoms with Crippen molar-refractivity contribution in [3.63, 3.8) is 0 Å². The van der Waals surface area contributed by atoms with Crippen LogP contribution in [0.4, 0.5) is 10.6 Å². The van der Waals surface area contributed by atoms with Gasteiger partial charge in [0, 0.05) is 19.1 Å². The van der Waals surface area contributed by atoms with Crippen LogP contribution in [0.25, 0.3) is 0 Å². The Hall–Kier alpha value is -4.33. The molecule has 2 aromatic rings. The Balaban J connectivity index is 1.57. The molecule has 2 aliphatic rings. The number of rotatable bonds is 9. The molecule has 3 amide bonds. The van der Waals surface area contributed by atoms with Gasteiger partial charge in [-0.1, -0.05) is 49.0 Å². The minimum Gasteiger partial charge on any atom is -0.465 e. The van der Waals surface area contributed by atoms with Crippen LogP contribution in [0.5, 0.6) is 0 Å². The summed E-state index contributed by atoms with van der Waals surface area (Å²) in [6.07, 6.45) is 0.171. The van der Waals surface area contributed by atoms with Gasteiger partial charge in [0.05, 0.1) is 24.3 Å². The zero-order valence-electron chi connectivity index (χ0n) is 21.8. The van der Waals surface area contributed by atoms with Gasteiger partial charge in [-0.2, -0.15) is 10.5 Å². The van der Waals surface area contributed by atoms with E-state index in [-0.39, 0.29) is 24.8 Å². The first-order valence-corrected chi connectivity index (χ1v) is 13.6. The lowest BCUT2D eigenvalue weighted by Crippen LogP contribution is -2.70. The Morgan fingerprint density at radius 2 is 1.85 bits per heavy atom. The van der Waals surface area contributed by atoms with E-state index in [1.54, 1.807) is 24.3 Å². The minimum absolute atomic E-state index is 0.0276. The van der Waals surface area contributed by atoms with Gasteiger partial charge in [-0.3, -0.25) is 9.59 Å². The molecule has 12 nitrogen and oxygen atoms in total. The van der Waals surface area contributed by atoms with Crippen LogP contribution in [0.3, 0.4) is 0 Å². The first-order valence-electron chi connectivity index (χ1n) is 12.8. The molecule has 13 heteroatoms. The zero-order valence-corrected chi connectivity index (χ0v) is 22.7. The molecule has 0 spiro atoms. The lowest BCUT2D eigenvalue weighted by atomic mass is 9.94. The fourth-order valence-corrected chi connectivity index (χ4v) is 5.92. The van der Waals surface area contributed by atoms with Crippen LogP contribution < -0.4 is 21.3 Å². The van der Waals surface area contributed by atoms with E-state index in [1.807, 2.05) is 17.9 Å². The van der Waals surface area contributed by atoms with E-state index in [0.29, 0.717) is 59.9 Å². The number of carbonyl (C=O) groups excluding carboxylic acids is 2. The summed E-state index contributed by atoms with van der Waals surface area (Å²) in [7, 11) is 0. The number of piperidine rings is 1. The van der Waals surface area contributed by atoms with Crippen LogP contribution >= 0.6 is 11.8 Å². The van der Waals surface area contributed by atoms with Crippen molar-refractivity contribution >= 4 is 35.5 Å². The van der Waals surface area contributed by atoms with E-state index in [4.69, 9.17) is 20.6 Å². The molecule has 1 unspecified atom stereocenters. The number of aromatic nitrogens is 1. The van der Waals surface area contributed by atoms with Crippen molar-refractivity contribution in [2.24, 2.45) is 5.73 Å². The summed E-state index contributed by atoms with van der Waals surface area (Å²) in [5.74, 6) is -0.591. The third-order valence-electron chi connectivity index (χ3n) is 7.02. The maximum Gasteiger partial charge on any atom is 0.405 e. The van der Waals surface area contributed by atoms with Crippen LogP contribution in [0, 0.1) is 22.7 Å². The first kappa shape index (κ1) is 28.7. The molecule has 1 aromatic heterocycles. The second kappa shape index (κ2) is 12.2. The second-order valence-electron chi connectivity index (χ2n) is 9.60. The number of thioether (sulfide) groups is 1. The van der Waals surface area contributed by atoms with Crippen LogP contribution in [-0.4, -0.2) is 65.9 Å². The number of carbonyl (C=O) groups is 3. The van der Waals surface area contributed by atoms with Crippen molar-refractivity contribution in [1.82, 2.24) is 15.6 Å². The Morgan fingerprint density at radius 3 is 2.35 bits per heavy atom. The smallest absolute Gasteiger partial charge is 0.405 e. The zero-order chi connectivity index (χ0) is 28.9. The maximum atomic E-state index is 12.8. The lowest BCUT2D eigenvalue weighted by molar-refractivity contribution is -0.148. The number of amides is 3. The molecule has 5 N–H and O–H groups in total. The molecule has 0 radical (unpaired) electrons. The number of nitrogens with zero attached hydrogens (tertiary/aromatic N) is 4. The standard InChI is InChI=1S/C27H29N7O5S/c1-2-18-19(12-28)23(32-24(20(18)13-29)40-21(22(30)35)16-6-4-3-5-7-16)34-10-8-17(9-11-34)31-25(36)27(14-39-15-27)33-26(37)38/h3-7,17,21,33H,2,8-11,14-15H2,1H3,(H2,30,35)(H,31,36)(H,37,38). The third kappa shape index (κ3) is 5.81. The van der Waals surface area contributed by atoms with Crippen molar-refractivity contribution in [3.8, 4) is 12.1 Å². The Morgan fingerprint density at radius 1 is 1.20 bits per heavy atom. The molecule has 1 aromatic carbocycles. The quantitative estimate of drug-likeness (QED) is 0.327. The summed E-state index contributed by atoms with van der Waals surface area (Å²) in [4.78, 5) is 43.0. The molecule has 40 heavy (non-hydrogen) atoms. The highest BCUT2D eigenvalue weighted by atomic mass is 32.2. The normalized spacial score (nSPS) is 17.0. The Labute approximate surface area is 235 Å². The molecule has 0 bridgehead atoms. The average Bonchev–Trinajstić information content (AvgIpc) is 2.93. The first-order chi connectivity index (χ1) is 19.2. The van der Waals surface area contributed by atoms with Crippen LogP contribution in [-0.2, 0) is 20.7 Å². The predicted octanol–water partition coefficient (Wildman–Crippen LogP) is 1.83. The summed E-state index contributed by atoms with van der Waals surface area (Å²) in [5, 5.41) is 33.9. The number of primary amides is 1. The van der Waals surface area contributed by atoms with Gasteiger partial charge in [-0.05, 0) is 30.4 Å². The molecule has 0 saturated carbocycles. The molecule has 2 fully saturated rings. The fourth-order valence-electron chi connectivity index (χ4n) is 4.86. The van der Waals surface area contributed by atoms with Crippen LogP contribution in [0.1, 0.15) is 47.3 Å². The summed E-state index contributed by atoms with van der Waals surface area (Å²) in [6, 6.07) is 13.2. The lowest BCUT2D eigenvalue weighted by Gasteiger charge is -2.41. The fraction of sp³-hybridized carbons (Fsp3) is 0.407. The Kier molecular flexibility index (Phi) is 8.77.